The number of benzene rings is 1. The molecule has 2 fully saturated rings. The molecule has 2 aliphatic heterocycles. The molecule has 0 bridgehead atoms. The van der Waals surface area contributed by atoms with Gasteiger partial charge in [0.15, 0.2) is 17.5 Å². The van der Waals surface area contributed by atoms with Gasteiger partial charge in [-0.1, -0.05) is 38.0 Å². The predicted octanol–water partition coefficient (Wildman–Crippen LogP) is 3.56. The molecule has 8 nitrogen and oxygen atoms in total. The van der Waals surface area contributed by atoms with Gasteiger partial charge < -0.3 is 19.9 Å². The van der Waals surface area contributed by atoms with E-state index in [0.717, 1.165) is 6.42 Å². The van der Waals surface area contributed by atoms with Crippen molar-refractivity contribution < 1.29 is 42.1 Å². The Morgan fingerprint density at radius 1 is 1.18 bits per heavy atom. The van der Waals surface area contributed by atoms with Crippen LogP contribution in [0.2, 0.25) is 0 Å². The summed E-state index contributed by atoms with van der Waals surface area (Å²) in [6.07, 6.45) is -2.09. The normalized spacial score (nSPS) is 23.6. The minimum atomic E-state index is -4.73. The zero-order chi connectivity index (χ0) is 23.9. The maximum atomic E-state index is 13.7. The molecule has 1 saturated carbocycles. The number of carboxylic acid groups (broad SMARTS) is 1. The molecule has 1 aliphatic carbocycles. The van der Waals surface area contributed by atoms with E-state index < -0.39 is 48.0 Å². The van der Waals surface area contributed by atoms with E-state index >= 15 is 0 Å². The van der Waals surface area contributed by atoms with Crippen molar-refractivity contribution in [3.8, 4) is 11.5 Å². The fraction of sp³-hybridized carbons (Fsp3) is 0.500. The number of amides is 3. The first-order chi connectivity index (χ1) is 15.6. The summed E-state index contributed by atoms with van der Waals surface area (Å²) in [5.74, 6) is -3.94. The predicted molar refractivity (Wildman–Crippen MR) is 108 cm³/mol. The van der Waals surface area contributed by atoms with E-state index in [2.05, 4.69) is 6.58 Å². The number of ether oxygens (including phenoxy) is 2. The minimum absolute atomic E-state index is 0.0604. The van der Waals surface area contributed by atoms with Crippen LogP contribution in [0.4, 0.5) is 18.0 Å². The Balaban J connectivity index is 1.54. The number of carbonyl (C=O) groups excluding carboxylic acids is 2. The molecular formula is C22H23F3N2O6. The number of aliphatic carboxylic acids is 1. The molecule has 11 heteroatoms. The molecule has 4 rings (SSSR count). The topological polar surface area (TPSA) is 105 Å². The molecule has 2 heterocycles. The molecule has 3 amide bonds. The molecule has 0 spiro atoms. The highest BCUT2D eigenvalue weighted by Crippen LogP contribution is 2.45. The third-order valence-electron chi connectivity index (χ3n) is 6.44. The molecule has 2 N–H and O–H groups in total. The molecule has 3 aliphatic rings. The Morgan fingerprint density at radius 3 is 2.52 bits per heavy atom. The number of fused-ring (bicyclic) bond motifs is 1. The number of nitrogens with zero attached hydrogens (tertiary/aromatic N) is 1. The van der Waals surface area contributed by atoms with Gasteiger partial charge in [-0.3, -0.25) is 4.79 Å². The fourth-order valence-corrected chi connectivity index (χ4v) is 4.80. The lowest BCUT2D eigenvalue weighted by Crippen LogP contribution is -2.69. The summed E-state index contributed by atoms with van der Waals surface area (Å²) in [5, 5.41) is 11.6. The number of carbonyl (C=O) groups is 3. The zero-order valence-corrected chi connectivity index (χ0v) is 17.6. The molecule has 1 aromatic rings. The number of carboxylic acids is 1. The maximum Gasteiger partial charge on any atom is 0.408 e. The van der Waals surface area contributed by atoms with Crippen molar-refractivity contribution in [2.24, 2.45) is 11.8 Å². The van der Waals surface area contributed by atoms with Gasteiger partial charge >= 0.3 is 18.2 Å². The second-order valence-corrected chi connectivity index (χ2v) is 8.40. The van der Waals surface area contributed by atoms with E-state index in [1.807, 2.05) is 5.32 Å². The number of rotatable bonds is 5. The number of urea groups is 1. The van der Waals surface area contributed by atoms with Crippen molar-refractivity contribution in [2.45, 2.75) is 50.4 Å². The zero-order valence-electron chi connectivity index (χ0n) is 17.6. The summed E-state index contributed by atoms with van der Waals surface area (Å²) < 4.78 is 51.7. The van der Waals surface area contributed by atoms with Crippen LogP contribution in [0.15, 0.2) is 24.8 Å². The van der Waals surface area contributed by atoms with Gasteiger partial charge in [0.05, 0.1) is 5.92 Å². The molecule has 1 aromatic carbocycles. The highest BCUT2D eigenvalue weighted by molar-refractivity contribution is 6.13. The SMILES string of the molecule is C=C(c1cccc2c1OCO2)[C@H]1C(=O)N(C(=O)N[C@@H](C2CCCCC2)C(F)(F)F)[C@@H]1C(=O)O. The van der Waals surface area contributed by atoms with E-state index in [-0.39, 0.29) is 18.1 Å². The Kier molecular flexibility index (Phi) is 5.98. The van der Waals surface area contributed by atoms with Gasteiger partial charge in [-0.2, -0.15) is 13.2 Å². The van der Waals surface area contributed by atoms with Crippen LogP contribution in [-0.4, -0.2) is 53.0 Å². The van der Waals surface area contributed by atoms with Gasteiger partial charge in [0.1, 0.15) is 6.04 Å². The van der Waals surface area contributed by atoms with Gasteiger partial charge in [-0.15, -0.1) is 0 Å². The largest absolute Gasteiger partial charge is 0.480 e. The lowest BCUT2D eigenvalue weighted by atomic mass is 9.78. The van der Waals surface area contributed by atoms with E-state index in [9.17, 15) is 32.7 Å². The molecule has 0 radical (unpaired) electrons. The third kappa shape index (κ3) is 4.11. The quantitative estimate of drug-likeness (QED) is 0.641. The molecule has 3 atom stereocenters. The molecule has 0 aromatic heterocycles. The number of likely N-dealkylation sites (tertiary alicyclic amines) is 1. The number of β-lactam (4-membered cyclic amide) rings is 1. The lowest BCUT2D eigenvalue weighted by Gasteiger charge is -2.44. The summed E-state index contributed by atoms with van der Waals surface area (Å²) in [7, 11) is 0. The summed E-state index contributed by atoms with van der Waals surface area (Å²) in [6.45, 7) is 3.76. The van der Waals surface area contributed by atoms with Crippen molar-refractivity contribution in [3.63, 3.8) is 0 Å². The van der Waals surface area contributed by atoms with E-state index in [1.165, 1.54) is 0 Å². The van der Waals surface area contributed by atoms with Crippen LogP contribution in [0, 0.1) is 11.8 Å². The van der Waals surface area contributed by atoms with Crippen LogP contribution < -0.4 is 14.8 Å². The smallest absolute Gasteiger partial charge is 0.408 e. The molecule has 33 heavy (non-hydrogen) atoms. The monoisotopic (exact) mass is 468 g/mol. The van der Waals surface area contributed by atoms with Crippen LogP contribution in [0.25, 0.3) is 5.57 Å². The third-order valence-corrected chi connectivity index (χ3v) is 6.44. The second kappa shape index (κ2) is 8.60. The van der Waals surface area contributed by atoms with Crippen LogP contribution in [0.5, 0.6) is 11.5 Å². The fourth-order valence-electron chi connectivity index (χ4n) is 4.80. The molecular weight excluding hydrogens is 445 g/mol. The van der Waals surface area contributed by atoms with Crippen LogP contribution in [-0.2, 0) is 9.59 Å². The number of imide groups is 1. The molecule has 178 valence electrons. The van der Waals surface area contributed by atoms with Gasteiger partial charge in [-0.05, 0) is 30.4 Å². The number of hydrogen-bond donors (Lipinski definition) is 2. The Morgan fingerprint density at radius 2 is 1.88 bits per heavy atom. The van der Waals surface area contributed by atoms with Gasteiger partial charge in [0, 0.05) is 5.56 Å². The van der Waals surface area contributed by atoms with Gasteiger partial charge in [0.25, 0.3) is 0 Å². The second-order valence-electron chi connectivity index (χ2n) is 8.40. The number of nitrogens with one attached hydrogen (secondary N) is 1. The Labute approximate surface area is 187 Å². The van der Waals surface area contributed by atoms with Crippen molar-refractivity contribution in [1.29, 1.82) is 0 Å². The number of para-hydroxylation sites is 1. The average molecular weight is 468 g/mol. The van der Waals surface area contributed by atoms with Crippen molar-refractivity contribution in [2.75, 3.05) is 6.79 Å². The van der Waals surface area contributed by atoms with E-state index in [4.69, 9.17) is 9.47 Å². The first-order valence-corrected chi connectivity index (χ1v) is 10.6. The van der Waals surface area contributed by atoms with Crippen LogP contribution in [0.1, 0.15) is 37.7 Å². The van der Waals surface area contributed by atoms with Crippen molar-refractivity contribution >= 4 is 23.5 Å². The van der Waals surface area contributed by atoms with Crippen LogP contribution in [0.3, 0.4) is 0 Å². The number of hydrogen-bond acceptors (Lipinski definition) is 5. The summed E-state index contributed by atoms with van der Waals surface area (Å²) in [6, 6.07) is -0.426. The van der Waals surface area contributed by atoms with E-state index in [0.29, 0.717) is 41.9 Å². The first-order valence-electron chi connectivity index (χ1n) is 10.6. The van der Waals surface area contributed by atoms with Gasteiger partial charge in [-0.25, -0.2) is 14.5 Å². The first kappa shape index (κ1) is 22.9. The summed E-state index contributed by atoms with van der Waals surface area (Å²) >= 11 is 0. The molecule has 1 saturated heterocycles. The van der Waals surface area contributed by atoms with Gasteiger partial charge in [0.2, 0.25) is 12.7 Å². The molecule has 0 unspecified atom stereocenters. The van der Waals surface area contributed by atoms with Crippen molar-refractivity contribution in [1.82, 2.24) is 10.2 Å². The lowest BCUT2D eigenvalue weighted by molar-refractivity contribution is -0.171. The highest BCUT2D eigenvalue weighted by atomic mass is 19.4. The van der Waals surface area contributed by atoms with E-state index in [1.54, 1.807) is 18.2 Å². The number of halogens is 3. The number of alkyl halides is 3. The maximum absolute atomic E-state index is 13.7. The Hall–Kier alpha value is -3.24. The Bertz CT molecular complexity index is 989. The standard InChI is InChI=1S/C22H23F3N2O6/c1-11(13-8-5-9-14-17(13)33-10-32-14)15-16(20(29)30)27(19(15)28)21(31)26-18(22(23,24)25)12-6-3-2-4-7-12/h5,8-9,12,15-16,18H,1-4,6-7,10H2,(H,26,31)(H,29,30)/t15-,16+,18+/m1/s1. The highest BCUT2D eigenvalue weighted by Gasteiger charge is 2.58. The average Bonchev–Trinajstić information content (AvgIpc) is 3.24. The summed E-state index contributed by atoms with van der Waals surface area (Å²) in [4.78, 5) is 37.8. The minimum Gasteiger partial charge on any atom is -0.480 e. The van der Waals surface area contributed by atoms with Crippen molar-refractivity contribution in [3.05, 3.63) is 30.3 Å². The summed E-state index contributed by atoms with van der Waals surface area (Å²) in [5.41, 5.74) is 0.420. The van der Waals surface area contributed by atoms with Crippen LogP contribution >= 0.6 is 0 Å².